The van der Waals surface area contributed by atoms with E-state index in [2.05, 4.69) is 10.2 Å². The lowest BCUT2D eigenvalue weighted by molar-refractivity contribution is 0.582. The highest BCUT2D eigenvalue weighted by Gasteiger charge is 2.23. The van der Waals surface area contributed by atoms with Crippen molar-refractivity contribution in [2.45, 2.75) is 32.5 Å². The molecule has 0 aliphatic heterocycles. The molecule has 0 unspecified atom stereocenters. The second-order valence-corrected chi connectivity index (χ2v) is 6.77. The van der Waals surface area contributed by atoms with Crippen LogP contribution in [0.4, 0.5) is 0 Å². The van der Waals surface area contributed by atoms with Crippen LogP contribution in [0, 0.1) is 13.8 Å². The molecule has 2 aromatic rings. The van der Waals surface area contributed by atoms with Crippen molar-refractivity contribution in [2.24, 2.45) is 0 Å². The molecule has 0 amide bonds. The van der Waals surface area contributed by atoms with Gasteiger partial charge in [0.1, 0.15) is 0 Å². The zero-order chi connectivity index (χ0) is 14.2. The molecule has 0 N–H and O–H groups in total. The molecule has 102 valence electrons. The number of nitrogens with zero attached hydrogens (tertiary/aromatic N) is 3. The molecular formula is C12H14ClN3O2S. The molecule has 0 aliphatic rings. The second-order valence-electron chi connectivity index (χ2n) is 4.31. The van der Waals surface area contributed by atoms with Gasteiger partial charge in [-0.05, 0) is 32.4 Å². The average molecular weight is 300 g/mol. The first-order chi connectivity index (χ1) is 8.84. The summed E-state index contributed by atoms with van der Waals surface area (Å²) < 4.78 is 24.4. The molecule has 5 nitrogen and oxygen atoms in total. The van der Waals surface area contributed by atoms with Crippen LogP contribution in [0.2, 0.25) is 0 Å². The molecule has 19 heavy (non-hydrogen) atoms. The number of aromatic nitrogens is 3. The first-order valence-corrected chi connectivity index (χ1v) is 8.11. The molecule has 0 radical (unpaired) electrons. The van der Waals surface area contributed by atoms with Crippen molar-refractivity contribution >= 4 is 19.7 Å². The van der Waals surface area contributed by atoms with Gasteiger partial charge in [0, 0.05) is 22.8 Å². The van der Waals surface area contributed by atoms with E-state index in [1.165, 1.54) is 4.57 Å². The highest BCUT2D eigenvalue weighted by atomic mass is 35.7. The van der Waals surface area contributed by atoms with Crippen molar-refractivity contribution in [1.29, 1.82) is 0 Å². The lowest BCUT2D eigenvalue weighted by Crippen LogP contribution is -2.06. The van der Waals surface area contributed by atoms with E-state index >= 15 is 0 Å². The predicted octanol–water partition coefficient (Wildman–Crippen LogP) is 2.51. The number of aryl methyl sites for hydroxylation is 2. The summed E-state index contributed by atoms with van der Waals surface area (Å²) in [5, 5.41) is 7.46. The Morgan fingerprint density at radius 2 is 1.95 bits per heavy atom. The van der Waals surface area contributed by atoms with Crippen LogP contribution in [0.5, 0.6) is 0 Å². The molecule has 1 heterocycles. The van der Waals surface area contributed by atoms with E-state index in [-0.39, 0.29) is 5.16 Å². The summed E-state index contributed by atoms with van der Waals surface area (Å²) in [6.07, 6.45) is 0. The maximum atomic E-state index is 11.5. The van der Waals surface area contributed by atoms with Crippen LogP contribution in [0.15, 0.2) is 23.4 Å². The van der Waals surface area contributed by atoms with E-state index in [0.29, 0.717) is 12.4 Å². The fourth-order valence-corrected chi connectivity index (χ4v) is 2.89. The Morgan fingerprint density at radius 1 is 1.26 bits per heavy atom. The Balaban J connectivity index is 2.70. The van der Waals surface area contributed by atoms with Gasteiger partial charge in [-0.25, -0.2) is 8.42 Å². The maximum absolute atomic E-state index is 11.5. The van der Waals surface area contributed by atoms with E-state index in [1.807, 2.05) is 39.0 Å². The quantitative estimate of drug-likeness (QED) is 0.817. The lowest BCUT2D eigenvalue weighted by Gasteiger charge is -2.09. The van der Waals surface area contributed by atoms with Gasteiger partial charge in [-0.15, -0.1) is 10.2 Å². The molecule has 7 heteroatoms. The zero-order valence-electron chi connectivity index (χ0n) is 10.9. The van der Waals surface area contributed by atoms with Gasteiger partial charge in [0.05, 0.1) is 0 Å². The topological polar surface area (TPSA) is 64.8 Å². The molecule has 0 aliphatic carbocycles. The van der Waals surface area contributed by atoms with Crippen molar-refractivity contribution in [1.82, 2.24) is 14.8 Å². The molecule has 1 aromatic heterocycles. The Labute approximate surface area is 116 Å². The molecular weight excluding hydrogens is 286 g/mol. The van der Waals surface area contributed by atoms with Gasteiger partial charge in [0.25, 0.3) is 14.2 Å². The fraction of sp³-hybridized carbons (Fsp3) is 0.333. The van der Waals surface area contributed by atoms with E-state index in [4.69, 9.17) is 10.7 Å². The van der Waals surface area contributed by atoms with Crippen LogP contribution in [-0.2, 0) is 15.6 Å². The smallest absolute Gasteiger partial charge is 0.296 e. The normalized spacial score (nSPS) is 11.8. The summed E-state index contributed by atoms with van der Waals surface area (Å²) in [5.41, 5.74) is 2.94. The molecule has 0 spiro atoms. The van der Waals surface area contributed by atoms with E-state index in [1.54, 1.807) is 0 Å². The summed E-state index contributed by atoms with van der Waals surface area (Å²) in [6.45, 7) is 6.16. The Bertz CT molecular complexity index is 723. The minimum Gasteiger partial charge on any atom is -0.297 e. The van der Waals surface area contributed by atoms with Gasteiger partial charge >= 0.3 is 0 Å². The van der Waals surface area contributed by atoms with Gasteiger partial charge < -0.3 is 0 Å². The van der Waals surface area contributed by atoms with Gasteiger partial charge in [-0.2, -0.15) is 0 Å². The van der Waals surface area contributed by atoms with Crippen LogP contribution >= 0.6 is 10.7 Å². The average Bonchev–Trinajstić information content (AvgIpc) is 2.75. The third-order valence-electron chi connectivity index (χ3n) is 2.89. The van der Waals surface area contributed by atoms with Crippen LogP contribution in [0.25, 0.3) is 11.4 Å². The Hall–Kier alpha value is -1.40. The summed E-state index contributed by atoms with van der Waals surface area (Å²) in [4.78, 5) is 0. The standard InChI is InChI=1S/C12H14ClN3O2S/c1-4-16-11(14-15-12(16)19(13,17)18)10-7-8(2)5-6-9(10)3/h5-7H,4H2,1-3H3. The fourth-order valence-electron chi connectivity index (χ4n) is 1.93. The SMILES string of the molecule is CCn1c(-c2cc(C)ccc2C)nnc1S(=O)(=O)Cl. The first-order valence-electron chi connectivity index (χ1n) is 5.80. The number of halogens is 1. The zero-order valence-corrected chi connectivity index (χ0v) is 12.5. The third kappa shape index (κ3) is 2.64. The highest BCUT2D eigenvalue weighted by Crippen LogP contribution is 2.26. The van der Waals surface area contributed by atoms with Gasteiger partial charge in [0.15, 0.2) is 5.82 Å². The molecule has 2 rings (SSSR count). The molecule has 0 bridgehead atoms. The number of hydrogen-bond donors (Lipinski definition) is 0. The van der Waals surface area contributed by atoms with E-state index in [9.17, 15) is 8.42 Å². The van der Waals surface area contributed by atoms with Crippen molar-refractivity contribution in [3.63, 3.8) is 0 Å². The molecule has 0 saturated heterocycles. The summed E-state index contributed by atoms with van der Waals surface area (Å²) in [6, 6.07) is 5.91. The van der Waals surface area contributed by atoms with Crippen molar-refractivity contribution in [3.8, 4) is 11.4 Å². The van der Waals surface area contributed by atoms with Crippen LogP contribution in [-0.4, -0.2) is 23.2 Å². The summed E-state index contributed by atoms with van der Waals surface area (Å²) in [5.74, 6) is 0.517. The second kappa shape index (κ2) is 4.94. The highest BCUT2D eigenvalue weighted by molar-refractivity contribution is 8.13. The Morgan fingerprint density at radius 3 is 2.53 bits per heavy atom. The minimum absolute atomic E-state index is 0.215. The van der Waals surface area contributed by atoms with Crippen molar-refractivity contribution < 1.29 is 8.42 Å². The monoisotopic (exact) mass is 299 g/mol. The van der Waals surface area contributed by atoms with Gasteiger partial charge in [-0.1, -0.05) is 17.7 Å². The number of benzene rings is 1. The molecule has 0 atom stereocenters. The van der Waals surface area contributed by atoms with E-state index in [0.717, 1.165) is 16.7 Å². The Kier molecular flexibility index (Phi) is 3.64. The van der Waals surface area contributed by atoms with Crippen molar-refractivity contribution in [2.75, 3.05) is 0 Å². The first kappa shape index (κ1) is 14.0. The third-order valence-corrected chi connectivity index (χ3v) is 4.04. The molecule has 0 saturated carbocycles. The van der Waals surface area contributed by atoms with Gasteiger partial charge in [0.2, 0.25) is 0 Å². The summed E-state index contributed by atoms with van der Waals surface area (Å²) in [7, 11) is 1.47. The molecule has 0 fully saturated rings. The van der Waals surface area contributed by atoms with Crippen LogP contribution < -0.4 is 0 Å². The van der Waals surface area contributed by atoms with Crippen molar-refractivity contribution in [3.05, 3.63) is 29.3 Å². The van der Waals surface area contributed by atoms with Crippen LogP contribution in [0.3, 0.4) is 0 Å². The number of rotatable bonds is 3. The minimum atomic E-state index is -3.89. The molecule has 1 aromatic carbocycles. The largest absolute Gasteiger partial charge is 0.297 e. The van der Waals surface area contributed by atoms with Crippen LogP contribution in [0.1, 0.15) is 18.1 Å². The lowest BCUT2D eigenvalue weighted by atomic mass is 10.1. The number of hydrogen-bond acceptors (Lipinski definition) is 4. The van der Waals surface area contributed by atoms with Gasteiger partial charge in [-0.3, -0.25) is 4.57 Å². The summed E-state index contributed by atoms with van der Waals surface area (Å²) >= 11 is 0. The van der Waals surface area contributed by atoms with E-state index < -0.39 is 9.05 Å². The predicted molar refractivity (Wildman–Crippen MR) is 73.6 cm³/mol. The maximum Gasteiger partial charge on any atom is 0.296 e.